The van der Waals surface area contributed by atoms with Crippen LogP contribution in [0.1, 0.15) is 60.2 Å². The topological polar surface area (TPSA) is 145 Å². The standard InChI is InChI=1S/C39H39Cl2N7O4/c1-38(2,3)19-32-39(21-48(30-15-13-25(40)18-27(30)39)20-22-8-7-9-23(16-22)35-44-46-47-45-35)33(26-10-5-6-11-28(26)41)34(43-32)36(49)42-29-14-12-24(37(50)51)17-31(29)52-4/h5-18,32-34,43H,19-21H2,1-4H3,(H,42,49)(H,50,51)(H,44,45,46,47)/t32-,33+,34+,39-/m0/s1. The molecule has 1 saturated heterocycles. The number of aromatic carboxylic acids is 1. The molecule has 4 atom stereocenters. The number of H-pyrrole nitrogens is 1. The number of fused-ring (bicyclic) bond motifs is 2. The first kappa shape index (κ1) is 35.4. The van der Waals surface area contributed by atoms with Crippen molar-refractivity contribution >= 4 is 46.5 Å². The Morgan fingerprint density at radius 3 is 2.56 bits per heavy atom. The Balaban J connectivity index is 1.36. The summed E-state index contributed by atoms with van der Waals surface area (Å²) in [4.78, 5) is 28.7. The summed E-state index contributed by atoms with van der Waals surface area (Å²) in [5, 5.41) is 32.2. The van der Waals surface area contributed by atoms with Crippen LogP contribution in [-0.2, 0) is 16.8 Å². The number of carboxylic acids is 1. The van der Waals surface area contributed by atoms with E-state index in [4.69, 9.17) is 27.9 Å². The highest BCUT2D eigenvalue weighted by Gasteiger charge is 2.62. The van der Waals surface area contributed by atoms with E-state index in [1.54, 1.807) is 6.07 Å². The van der Waals surface area contributed by atoms with Gasteiger partial charge in [-0.25, -0.2) is 4.79 Å². The second kappa shape index (κ2) is 13.9. The minimum atomic E-state index is -1.09. The van der Waals surface area contributed by atoms with E-state index in [9.17, 15) is 14.7 Å². The second-order valence-electron chi connectivity index (χ2n) is 14.7. The van der Waals surface area contributed by atoms with Gasteiger partial charge >= 0.3 is 5.97 Å². The third-order valence-corrected chi connectivity index (χ3v) is 10.7. The Labute approximate surface area is 311 Å². The Hall–Kier alpha value is -4.97. The first-order chi connectivity index (χ1) is 24.9. The lowest BCUT2D eigenvalue weighted by molar-refractivity contribution is -0.118. The van der Waals surface area contributed by atoms with Crippen LogP contribution in [0.15, 0.2) is 84.9 Å². The van der Waals surface area contributed by atoms with Gasteiger partial charge in [-0.05, 0) is 82.3 Å². The van der Waals surface area contributed by atoms with Gasteiger partial charge in [-0.15, -0.1) is 10.2 Å². The second-order valence-corrected chi connectivity index (χ2v) is 15.5. The molecule has 1 spiro atoms. The Morgan fingerprint density at radius 2 is 1.85 bits per heavy atom. The highest BCUT2D eigenvalue weighted by molar-refractivity contribution is 6.31. The highest BCUT2D eigenvalue weighted by Crippen LogP contribution is 2.59. The predicted octanol–water partition coefficient (Wildman–Crippen LogP) is 7.34. The van der Waals surface area contributed by atoms with Crippen molar-refractivity contribution in [3.05, 3.63) is 117 Å². The van der Waals surface area contributed by atoms with Gasteiger partial charge in [0, 0.05) is 51.8 Å². The molecule has 0 radical (unpaired) electrons. The van der Waals surface area contributed by atoms with Crippen molar-refractivity contribution in [2.45, 2.75) is 57.2 Å². The summed E-state index contributed by atoms with van der Waals surface area (Å²) < 4.78 is 5.52. The Morgan fingerprint density at radius 1 is 1.04 bits per heavy atom. The van der Waals surface area contributed by atoms with Gasteiger partial charge < -0.3 is 25.4 Å². The maximum atomic E-state index is 14.7. The number of benzene rings is 4. The monoisotopic (exact) mass is 739 g/mol. The number of halogens is 2. The number of aromatic amines is 1. The summed E-state index contributed by atoms with van der Waals surface area (Å²) in [5.41, 5.74) is 4.44. The van der Waals surface area contributed by atoms with Gasteiger partial charge in [0.15, 0.2) is 0 Å². The smallest absolute Gasteiger partial charge is 0.335 e. The van der Waals surface area contributed by atoms with E-state index in [2.05, 4.69) is 75.1 Å². The minimum Gasteiger partial charge on any atom is -0.495 e. The quantitative estimate of drug-likeness (QED) is 0.122. The SMILES string of the molecule is COc1cc(C(=O)O)ccc1NC(=O)[C@@H]1N[C@@H](CC(C)(C)C)[C@@]2(CN(Cc3cccc(-c4nn[nH]n4)c3)c3ccc(Cl)cc32)[C@@H]1c1ccccc1Cl. The Kier molecular flexibility index (Phi) is 9.45. The first-order valence-electron chi connectivity index (χ1n) is 17.0. The van der Waals surface area contributed by atoms with E-state index in [0.717, 1.165) is 34.4 Å². The highest BCUT2D eigenvalue weighted by atomic mass is 35.5. The fourth-order valence-corrected chi connectivity index (χ4v) is 8.47. The van der Waals surface area contributed by atoms with Crippen LogP contribution in [0.2, 0.25) is 10.0 Å². The number of hydrogen-bond donors (Lipinski definition) is 4. The number of nitrogens with one attached hydrogen (secondary N) is 3. The third kappa shape index (κ3) is 6.60. The largest absolute Gasteiger partial charge is 0.495 e. The molecule has 1 fully saturated rings. The molecule has 2 aliphatic heterocycles. The molecule has 52 heavy (non-hydrogen) atoms. The summed E-state index contributed by atoms with van der Waals surface area (Å²) in [6.07, 6.45) is 0.738. The molecule has 3 heterocycles. The number of anilines is 2. The molecule has 11 nitrogen and oxygen atoms in total. The molecule has 4 aromatic carbocycles. The number of rotatable bonds is 9. The third-order valence-electron chi connectivity index (χ3n) is 10.1. The van der Waals surface area contributed by atoms with E-state index in [-0.39, 0.29) is 28.7 Å². The van der Waals surface area contributed by atoms with Crippen molar-refractivity contribution in [3.8, 4) is 17.1 Å². The van der Waals surface area contributed by atoms with E-state index < -0.39 is 23.3 Å². The molecule has 5 aromatic rings. The minimum absolute atomic E-state index is 0.0503. The number of methoxy groups -OCH3 is 1. The molecule has 7 rings (SSSR count). The molecular formula is C39H39Cl2N7O4. The number of ether oxygens (including phenoxy) is 1. The lowest BCUT2D eigenvalue weighted by atomic mass is 9.63. The van der Waals surface area contributed by atoms with Crippen molar-refractivity contribution < 1.29 is 19.4 Å². The van der Waals surface area contributed by atoms with Gasteiger partial charge in [0.1, 0.15) is 5.75 Å². The molecule has 268 valence electrons. The molecule has 0 unspecified atom stereocenters. The van der Waals surface area contributed by atoms with Crippen molar-refractivity contribution in [2.24, 2.45) is 5.41 Å². The number of nitrogens with zero attached hydrogens (tertiary/aromatic N) is 4. The number of carbonyl (C=O) groups is 2. The van der Waals surface area contributed by atoms with Crippen LogP contribution in [-0.4, -0.2) is 63.3 Å². The number of carbonyl (C=O) groups excluding carboxylic acids is 1. The average molecular weight is 741 g/mol. The summed E-state index contributed by atoms with van der Waals surface area (Å²) >= 11 is 13.9. The van der Waals surface area contributed by atoms with Gasteiger partial charge in [0.05, 0.1) is 24.4 Å². The summed E-state index contributed by atoms with van der Waals surface area (Å²) in [6, 6.07) is 25.3. The van der Waals surface area contributed by atoms with Crippen LogP contribution in [0.25, 0.3) is 11.4 Å². The van der Waals surface area contributed by atoms with Crippen molar-refractivity contribution in [1.29, 1.82) is 0 Å². The molecule has 2 aliphatic rings. The van der Waals surface area contributed by atoms with Gasteiger partial charge in [-0.2, -0.15) is 5.21 Å². The molecule has 1 aromatic heterocycles. The molecule has 0 bridgehead atoms. The van der Waals surface area contributed by atoms with Crippen LogP contribution in [0, 0.1) is 5.41 Å². The fourth-order valence-electron chi connectivity index (χ4n) is 8.04. The fraction of sp³-hybridized carbons (Fsp3) is 0.308. The molecular weight excluding hydrogens is 701 g/mol. The van der Waals surface area contributed by atoms with Crippen LogP contribution in [0.3, 0.4) is 0 Å². The summed E-state index contributed by atoms with van der Waals surface area (Å²) in [6.45, 7) is 7.74. The zero-order chi connectivity index (χ0) is 36.8. The maximum absolute atomic E-state index is 14.7. The normalized spacial score (nSPS) is 21.0. The zero-order valence-electron chi connectivity index (χ0n) is 29.2. The van der Waals surface area contributed by atoms with Gasteiger partial charge in [-0.3, -0.25) is 4.79 Å². The summed E-state index contributed by atoms with van der Waals surface area (Å²) in [5.74, 6) is -1.07. The number of aromatic nitrogens is 4. The first-order valence-corrected chi connectivity index (χ1v) is 17.7. The zero-order valence-corrected chi connectivity index (χ0v) is 30.7. The lowest BCUT2D eigenvalue weighted by Gasteiger charge is -2.40. The summed E-state index contributed by atoms with van der Waals surface area (Å²) in [7, 11) is 1.44. The molecule has 1 amide bonds. The van der Waals surface area contributed by atoms with E-state index in [1.165, 1.54) is 19.2 Å². The van der Waals surface area contributed by atoms with Gasteiger partial charge in [0.2, 0.25) is 11.7 Å². The van der Waals surface area contributed by atoms with Crippen LogP contribution >= 0.6 is 23.2 Å². The maximum Gasteiger partial charge on any atom is 0.335 e. The van der Waals surface area contributed by atoms with E-state index in [1.807, 2.05) is 48.5 Å². The number of carboxylic acid groups (broad SMARTS) is 1. The molecule has 0 aliphatic carbocycles. The van der Waals surface area contributed by atoms with Crippen molar-refractivity contribution in [3.63, 3.8) is 0 Å². The van der Waals surface area contributed by atoms with Crippen LogP contribution in [0.5, 0.6) is 5.75 Å². The van der Waals surface area contributed by atoms with Gasteiger partial charge in [-0.1, -0.05) is 80.4 Å². The van der Waals surface area contributed by atoms with E-state index in [0.29, 0.717) is 34.6 Å². The number of hydrogen-bond acceptors (Lipinski definition) is 8. The number of tetrazole rings is 1. The van der Waals surface area contributed by atoms with Gasteiger partial charge in [0.25, 0.3) is 0 Å². The molecule has 4 N–H and O–H groups in total. The van der Waals surface area contributed by atoms with Crippen LogP contribution in [0.4, 0.5) is 11.4 Å². The average Bonchev–Trinajstić information content (AvgIpc) is 3.83. The molecule has 13 heteroatoms. The molecule has 0 saturated carbocycles. The number of amides is 1. The lowest BCUT2D eigenvalue weighted by Crippen LogP contribution is -2.48. The Bertz CT molecular complexity index is 2140. The predicted molar refractivity (Wildman–Crippen MR) is 201 cm³/mol. The van der Waals surface area contributed by atoms with Crippen molar-refractivity contribution in [1.82, 2.24) is 25.9 Å². The van der Waals surface area contributed by atoms with E-state index >= 15 is 0 Å². The van der Waals surface area contributed by atoms with Crippen molar-refractivity contribution in [2.75, 3.05) is 23.9 Å². The van der Waals surface area contributed by atoms with Crippen LogP contribution < -0.4 is 20.3 Å².